The Labute approximate surface area is 99.5 Å². The van der Waals surface area contributed by atoms with Crippen molar-refractivity contribution < 1.29 is 0 Å². The smallest absolute Gasteiger partial charge is 0.0308 e. The van der Waals surface area contributed by atoms with Crippen LogP contribution in [-0.4, -0.2) is 0 Å². The van der Waals surface area contributed by atoms with Crippen molar-refractivity contribution in [2.45, 2.75) is 25.8 Å². The third-order valence-corrected chi connectivity index (χ3v) is 3.78. The molecule has 1 rings (SSSR count). The van der Waals surface area contributed by atoms with Crippen molar-refractivity contribution in [3.8, 4) is 0 Å². The third-order valence-electron chi connectivity index (χ3n) is 2.30. The van der Waals surface area contributed by atoms with Crippen LogP contribution in [0.3, 0.4) is 0 Å². The molecule has 0 heterocycles. The fourth-order valence-electron chi connectivity index (χ4n) is 1.41. The van der Waals surface area contributed by atoms with Crippen LogP contribution >= 0.6 is 22.6 Å². The lowest BCUT2D eigenvalue weighted by Crippen LogP contribution is -2.11. The Hall–Kier alpha value is -0.350. The number of benzene rings is 1. The molecule has 0 aliphatic heterocycles. The predicted molar refractivity (Wildman–Crippen MR) is 70.3 cm³/mol. The van der Waals surface area contributed by atoms with Crippen LogP contribution in [0.4, 0.5) is 0 Å². The fraction of sp³-hybridized carbons (Fsp3) is 0.333. The second-order valence-electron chi connectivity index (χ2n) is 3.45. The van der Waals surface area contributed by atoms with Crippen molar-refractivity contribution in [3.63, 3.8) is 0 Å². The van der Waals surface area contributed by atoms with Gasteiger partial charge in [-0.2, -0.15) is 0 Å². The molecule has 2 heteroatoms. The number of hydrogen-bond donors (Lipinski definition) is 1. The van der Waals surface area contributed by atoms with Gasteiger partial charge < -0.3 is 5.73 Å². The first kappa shape index (κ1) is 11.7. The van der Waals surface area contributed by atoms with E-state index in [2.05, 4.69) is 54.3 Å². The largest absolute Gasteiger partial charge is 0.324 e. The lowest BCUT2D eigenvalue weighted by molar-refractivity contribution is 0.658. The van der Waals surface area contributed by atoms with Crippen molar-refractivity contribution in [2.24, 2.45) is 5.73 Å². The van der Waals surface area contributed by atoms with Gasteiger partial charge in [0.25, 0.3) is 0 Å². The minimum absolute atomic E-state index is 0.139. The molecule has 0 saturated heterocycles. The van der Waals surface area contributed by atoms with Crippen LogP contribution in [0, 0.1) is 10.5 Å². The van der Waals surface area contributed by atoms with Crippen molar-refractivity contribution in [3.05, 3.63) is 45.6 Å². The third kappa shape index (κ3) is 2.82. The number of nitrogens with two attached hydrogens (primary N) is 1. The molecule has 14 heavy (non-hydrogen) atoms. The topological polar surface area (TPSA) is 26.0 Å². The zero-order valence-electron chi connectivity index (χ0n) is 8.46. The first-order chi connectivity index (χ1) is 6.66. The van der Waals surface area contributed by atoms with Crippen molar-refractivity contribution >= 4 is 22.6 Å². The summed E-state index contributed by atoms with van der Waals surface area (Å²) in [6, 6.07) is 6.44. The Balaban J connectivity index is 2.83. The zero-order chi connectivity index (χ0) is 10.6. The summed E-state index contributed by atoms with van der Waals surface area (Å²) >= 11 is 2.37. The molecular weight excluding hydrogens is 285 g/mol. The normalized spacial score (nSPS) is 12.5. The first-order valence-corrected chi connectivity index (χ1v) is 5.86. The maximum atomic E-state index is 6.10. The molecule has 1 unspecified atom stereocenters. The van der Waals surface area contributed by atoms with Gasteiger partial charge in [0, 0.05) is 9.61 Å². The van der Waals surface area contributed by atoms with Crippen LogP contribution in [-0.2, 0) is 0 Å². The Morgan fingerprint density at radius 2 is 2.29 bits per heavy atom. The summed E-state index contributed by atoms with van der Waals surface area (Å²) in [5.74, 6) is 0. The molecule has 0 saturated carbocycles. The lowest BCUT2D eigenvalue weighted by Gasteiger charge is -2.14. The van der Waals surface area contributed by atoms with Crippen LogP contribution in [0.1, 0.15) is 30.0 Å². The van der Waals surface area contributed by atoms with Gasteiger partial charge in [-0.3, -0.25) is 0 Å². The average Bonchev–Trinajstić information content (AvgIpc) is 2.18. The minimum Gasteiger partial charge on any atom is -0.324 e. The van der Waals surface area contributed by atoms with E-state index in [0.29, 0.717) is 0 Å². The van der Waals surface area contributed by atoms with Gasteiger partial charge >= 0.3 is 0 Å². The van der Waals surface area contributed by atoms with E-state index in [0.717, 1.165) is 12.8 Å². The molecule has 1 atom stereocenters. The Bertz CT molecular complexity index is 320. The molecule has 0 radical (unpaired) electrons. The van der Waals surface area contributed by atoms with Gasteiger partial charge in [0.15, 0.2) is 0 Å². The van der Waals surface area contributed by atoms with Gasteiger partial charge in [0.05, 0.1) is 0 Å². The highest BCUT2D eigenvalue weighted by Crippen LogP contribution is 2.24. The molecule has 1 nitrogen and oxygen atoms in total. The number of allylic oxidation sites excluding steroid dienone is 1. The van der Waals surface area contributed by atoms with E-state index in [9.17, 15) is 0 Å². The highest BCUT2D eigenvalue weighted by molar-refractivity contribution is 14.1. The van der Waals surface area contributed by atoms with Crippen LogP contribution in [0.25, 0.3) is 0 Å². The lowest BCUT2D eigenvalue weighted by atomic mass is 10.0. The van der Waals surface area contributed by atoms with E-state index in [1.807, 2.05) is 6.08 Å². The summed E-state index contributed by atoms with van der Waals surface area (Å²) < 4.78 is 1.29. The van der Waals surface area contributed by atoms with Gasteiger partial charge in [-0.1, -0.05) is 24.3 Å². The maximum Gasteiger partial charge on any atom is 0.0308 e. The molecule has 0 aliphatic rings. The first-order valence-electron chi connectivity index (χ1n) is 4.78. The molecule has 0 bridgehead atoms. The van der Waals surface area contributed by atoms with Gasteiger partial charge in [-0.25, -0.2) is 0 Å². The zero-order valence-corrected chi connectivity index (χ0v) is 10.6. The number of halogens is 1. The SMILES string of the molecule is C=CCCC(N)c1cccc(C)c1I. The molecule has 0 fully saturated rings. The second kappa shape index (κ2) is 5.51. The van der Waals surface area contributed by atoms with E-state index in [1.54, 1.807) is 0 Å². The summed E-state index contributed by atoms with van der Waals surface area (Å²) in [5.41, 5.74) is 8.66. The molecular formula is C12H16IN. The molecule has 0 aromatic heterocycles. The van der Waals surface area contributed by atoms with E-state index in [4.69, 9.17) is 5.73 Å². The van der Waals surface area contributed by atoms with E-state index in [1.165, 1.54) is 14.7 Å². The van der Waals surface area contributed by atoms with Crippen LogP contribution in [0.15, 0.2) is 30.9 Å². The highest BCUT2D eigenvalue weighted by Gasteiger charge is 2.09. The van der Waals surface area contributed by atoms with Crippen LogP contribution in [0.5, 0.6) is 0 Å². The molecule has 0 spiro atoms. The minimum atomic E-state index is 0.139. The number of hydrogen-bond acceptors (Lipinski definition) is 1. The summed E-state index contributed by atoms with van der Waals surface area (Å²) in [7, 11) is 0. The van der Waals surface area contributed by atoms with Gasteiger partial charge in [0.1, 0.15) is 0 Å². The van der Waals surface area contributed by atoms with Crippen LogP contribution < -0.4 is 5.73 Å². The van der Waals surface area contributed by atoms with Crippen molar-refractivity contribution in [2.75, 3.05) is 0 Å². The number of aryl methyl sites for hydroxylation is 1. The molecule has 2 N–H and O–H groups in total. The van der Waals surface area contributed by atoms with Crippen LogP contribution in [0.2, 0.25) is 0 Å². The molecule has 76 valence electrons. The van der Waals surface area contributed by atoms with E-state index in [-0.39, 0.29) is 6.04 Å². The predicted octanol–water partition coefficient (Wildman–Crippen LogP) is 3.57. The highest BCUT2D eigenvalue weighted by atomic mass is 127. The standard InChI is InChI=1S/C12H16IN/c1-3-4-8-11(14)10-7-5-6-9(2)12(10)13/h3,5-7,11H,1,4,8,14H2,2H3. The quantitative estimate of drug-likeness (QED) is 0.668. The molecule has 0 amide bonds. The van der Waals surface area contributed by atoms with Gasteiger partial charge in [0.2, 0.25) is 0 Å². The monoisotopic (exact) mass is 301 g/mol. The van der Waals surface area contributed by atoms with Crippen molar-refractivity contribution in [1.29, 1.82) is 0 Å². The Morgan fingerprint density at radius 3 is 2.93 bits per heavy atom. The Kier molecular flexibility index (Phi) is 4.62. The van der Waals surface area contributed by atoms with Gasteiger partial charge in [-0.05, 0) is 53.5 Å². The van der Waals surface area contributed by atoms with Crippen molar-refractivity contribution in [1.82, 2.24) is 0 Å². The fourth-order valence-corrected chi connectivity index (χ4v) is 2.17. The number of rotatable bonds is 4. The molecule has 1 aromatic rings. The summed E-state index contributed by atoms with van der Waals surface area (Å²) in [5, 5.41) is 0. The summed E-state index contributed by atoms with van der Waals surface area (Å²) in [4.78, 5) is 0. The Morgan fingerprint density at radius 1 is 1.57 bits per heavy atom. The second-order valence-corrected chi connectivity index (χ2v) is 4.53. The average molecular weight is 301 g/mol. The van der Waals surface area contributed by atoms with Gasteiger partial charge in [-0.15, -0.1) is 6.58 Å². The van der Waals surface area contributed by atoms with E-state index >= 15 is 0 Å². The molecule has 1 aromatic carbocycles. The summed E-state index contributed by atoms with van der Waals surface area (Å²) in [6.07, 6.45) is 3.87. The maximum absolute atomic E-state index is 6.10. The van der Waals surface area contributed by atoms with E-state index < -0.39 is 0 Å². The summed E-state index contributed by atoms with van der Waals surface area (Å²) in [6.45, 7) is 5.83. The molecule has 0 aliphatic carbocycles.